The van der Waals surface area contributed by atoms with Gasteiger partial charge in [0.25, 0.3) is 0 Å². The number of rotatable bonds is 28. The number of hydrogen-bond donors (Lipinski definition) is 0. The number of ether oxygens (including phenoxy) is 1. The van der Waals surface area contributed by atoms with Crippen LogP contribution in [0.25, 0.3) is 0 Å². The lowest BCUT2D eigenvalue weighted by Crippen LogP contribution is -2.86. The average molecular weight is 866 g/mol. The van der Waals surface area contributed by atoms with Crippen LogP contribution in [0, 0.1) is 0 Å². The summed E-state index contributed by atoms with van der Waals surface area (Å²) in [4.78, 5) is 12.9. The molecule has 0 aliphatic heterocycles. The van der Waals surface area contributed by atoms with Gasteiger partial charge in [-0.2, -0.15) is 0 Å². The summed E-state index contributed by atoms with van der Waals surface area (Å²) in [5.41, 5.74) is 0. The molecule has 0 aromatic carbocycles. The molecule has 0 spiro atoms. The van der Waals surface area contributed by atoms with Gasteiger partial charge in [-0.05, 0) is 32.1 Å². The standard InChI is InChI=1S/C25H48F5N5O12S5/c1-7-13-18-48(37,38)31(26)24(32(27)49(39,40)19-14-8-2,33(28)50(41,42)20-15-9-3)25(47-23(36)12-6,34(29)51(43,44)21-16-10-4)35(30)52(45,46)22-17-11-5/h12H,6-11,13-22H2,1-5H3. The summed E-state index contributed by atoms with van der Waals surface area (Å²) in [5, 5.41) is 0. The summed E-state index contributed by atoms with van der Waals surface area (Å²) in [6, 6.07) is 0. The molecule has 0 N–H and O–H groups in total. The van der Waals surface area contributed by atoms with E-state index in [9.17, 15) is 46.9 Å². The van der Waals surface area contributed by atoms with Gasteiger partial charge in [0, 0.05) is 28.7 Å². The van der Waals surface area contributed by atoms with Crippen LogP contribution in [0.15, 0.2) is 12.7 Å². The first-order chi connectivity index (χ1) is 23.8. The fourth-order valence-corrected chi connectivity index (χ4v) is 11.6. The normalized spacial score (nSPS) is 14.2. The lowest BCUT2D eigenvalue weighted by atomic mass is 10.2. The van der Waals surface area contributed by atoms with Crippen molar-refractivity contribution in [3.63, 3.8) is 0 Å². The molecular weight excluding hydrogens is 818 g/mol. The molecule has 0 aromatic heterocycles. The van der Waals surface area contributed by atoms with E-state index in [1.165, 1.54) is 34.6 Å². The van der Waals surface area contributed by atoms with Gasteiger partial charge in [-0.15, -0.1) is 22.4 Å². The number of carbonyl (C=O) groups excluding carboxylic acids is 1. The minimum Gasteiger partial charge on any atom is -0.415 e. The monoisotopic (exact) mass is 865 g/mol. The maximum atomic E-state index is 17.2. The van der Waals surface area contributed by atoms with Crippen molar-refractivity contribution in [1.82, 2.24) is 22.6 Å². The topological polar surface area (TPSA) is 213 Å². The molecule has 0 heterocycles. The molecule has 0 radical (unpaired) electrons. The van der Waals surface area contributed by atoms with Crippen LogP contribution in [0.3, 0.4) is 0 Å². The Labute approximate surface area is 303 Å². The van der Waals surface area contributed by atoms with Gasteiger partial charge in [0.15, 0.2) is 0 Å². The van der Waals surface area contributed by atoms with Crippen molar-refractivity contribution in [1.29, 1.82) is 0 Å². The second-order valence-electron chi connectivity index (χ2n) is 11.3. The first kappa shape index (κ1) is 50.4. The van der Waals surface area contributed by atoms with Crippen LogP contribution in [0.1, 0.15) is 98.8 Å². The molecule has 17 nitrogen and oxygen atoms in total. The molecule has 0 aromatic rings. The van der Waals surface area contributed by atoms with Gasteiger partial charge in [0.05, 0.1) is 28.8 Å². The number of carbonyl (C=O) groups is 1. The molecule has 0 atom stereocenters. The quantitative estimate of drug-likeness (QED) is 0.0363. The van der Waals surface area contributed by atoms with Crippen LogP contribution in [-0.4, -0.2) is 111 Å². The van der Waals surface area contributed by atoms with E-state index in [1.54, 1.807) is 0 Å². The molecule has 0 bridgehead atoms. The Morgan fingerprint density at radius 1 is 0.500 bits per heavy atom. The van der Waals surface area contributed by atoms with Gasteiger partial charge in [-0.3, -0.25) is 0 Å². The lowest BCUT2D eigenvalue weighted by Gasteiger charge is -2.52. The van der Waals surface area contributed by atoms with Crippen molar-refractivity contribution < 1.29 is 74.0 Å². The Morgan fingerprint density at radius 3 is 0.904 bits per heavy atom. The number of hydrogen-bond acceptors (Lipinski definition) is 12. The van der Waals surface area contributed by atoms with E-state index in [0.717, 1.165) is 0 Å². The highest BCUT2D eigenvalue weighted by Gasteiger charge is 2.85. The number of sulfonamides is 5. The SMILES string of the molecule is C=CC(=O)OC(N(F)S(=O)(=O)CCCC)(N(F)S(=O)(=O)CCCC)C(N(F)S(=O)(=O)CCCC)(N(F)S(=O)(=O)CCCC)N(F)S(=O)(=O)CCCC. The Hall–Kier alpha value is -1.59. The molecule has 0 saturated heterocycles. The molecular formula is C25H48F5N5O12S5. The average Bonchev–Trinajstić information content (AvgIpc) is 3.08. The number of halogens is 5. The number of esters is 1. The minimum atomic E-state index is -6.37. The van der Waals surface area contributed by atoms with E-state index in [2.05, 4.69) is 11.3 Å². The van der Waals surface area contributed by atoms with Crippen LogP contribution >= 0.6 is 0 Å². The lowest BCUT2D eigenvalue weighted by molar-refractivity contribution is -0.409. The van der Waals surface area contributed by atoms with E-state index in [1.807, 2.05) is 0 Å². The maximum absolute atomic E-state index is 17.2. The van der Waals surface area contributed by atoms with Crippen LogP contribution in [-0.2, 0) is 59.6 Å². The zero-order valence-corrected chi connectivity index (χ0v) is 33.5. The summed E-state index contributed by atoms with van der Waals surface area (Å²) in [6.45, 7) is 9.26. The fraction of sp³-hybridized carbons (Fsp3) is 0.880. The van der Waals surface area contributed by atoms with E-state index in [0.29, 0.717) is 0 Å². The highest BCUT2D eigenvalue weighted by Crippen LogP contribution is 2.51. The minimum absolute atomic E-state index is 0.158. The highest BCUT2D eigenvalue weighted by molar-refractivity contribution is 7.91. The summed E-state index contributed by atoms with van der Waals surface area (Å²) >= 11 is 0. The molecule has 0 rings (SSSR count). The van der Waals surface area contributed by atoms with Crippen LogP contribution < -0.4 is 0 Å². The molecule has 0 amide bonds. The summed E-state index contributed by atoms with van der Waals surface area (Å²) < 4.78 is 214. The second-order valence-corrected chi connectivity index (χ2v) is 20.8. The van der Waals surface area contributed by atoms with Gasteiger partial charge < -0.3 is 4.74 Å². The molecule has 0 aliphatic carbocycles. The van der Waals surface area contributed by atoms with Crippen LogP contribution in [0.2, 0.25) is 0 Å². The summed E-state index contributed by atoms with van der Waals surface area (Å²) in [7, 11) is -31.7. The molecule has 52 heavy (non-hydrogen) atoms. The van der Waals surface area contributed by atoms with Crippen molar-refractivity contribution in [3.05, 3.63) is 12.7 Å². The van der Waals surface area contributed by atoms with Crippen LogP contribution in [0.4, 0.5) is 22.4 Å². The molecule has 0 fully saturated rings. The molecule has 310 valence electrons. The van der Waals surface area contributed by atoms with Crippen molar-refractivity contribution >= 4 is 56.1 Å². The molecule has 0 aliphatic rings. The predicted octanol–water partition coefficient (Wildman–Crippen LogP) is 3.61. The van der Waals surface area contributed by atoms with Crippen LogP contribution in [0.5, 0.6) is 0 Å². The van der Waals surface area contributed by atoms with E-state index in [4.69, 9.17) is 0 Å². The van der Waals surface area contributed by atoms with Crippen molar-refractivity contribution in [3.8, 4) is 0 Å². The first-order valence-corrected chi connectivity index (χ1v) is 24.1. The Bertz CT molecular complexity index is 1590. The zero-order chi connectivity index (χ0) is 41.0. The van der Waals surface area contributed by atoms with Gasteiger partial charge in [-0.1, -0.05) is 73.3 Å². The van der Waals surface area contributed by atoms with Crippen molar-refractivity contribution in [2.45, 2.75) is 110 Å². The third kappa shape index (κ3) is 11.0. The van der Waals surface area contributed by atoms with E-state index < -0.39 is 151 Å². The predicted molar refractivity (Wildman–Crippen MR) is 180 cm³/mol. The van der Waals surface area contributed by atoms with Gasteiger partial charge in [0.1, 0.15) is 0 Å². The summed E-state index contributed by atoms with van der Waals surface area (Å²) in [5.74, 6) is -23.1. The smallest absolute Gasteiger partial charge is 0.362 e. The van der Waals surface area contributed by atoms with Crippen molar-refractivity contribution in [2.75, 3.05) is 28.8 Å². The Balaban J connectivity index is 9.80. The maximum Gasteiger partial charge on any atom is 0.362 e. The largest absolute Gasteiger partial charge is 0.415 e. The van der Waals surface area contributed by atoms with E-state index in [-0.39, 0.29) is 38.2 Å². The third-order valence-corrected chi connectivity index (χ3v) is 14.8. The second kappa shape index (κ2) is 20.4. The first-order valence-electron chi connectivity index (χ1n) is 16.1. The Morgan fingerprint density at radius 2 is 0.712 bits per heavy atom. The van der Waals surface area contributed by atoms with Gasteiger partial charge in [0.2, 0.25) is 50.1 Å². The molecule has 0 unspecified atom stereocenters. The zero-order valence-electron chi connectivity index (χ0n) is 29.5. The van der Waals surface area contributed by atoms with Gasteiger partial charge >= 0.3 is 17.6 Å². The molecule has 0 saturated carbocycles. The number of unbranched alkanes of at least 4 members (excludes halogenated alkanes) is 5. The van der Waals surface area contributed by atoms with E-state index >= 15 is 22.4 Å². The Kier molecular flexibility index (Phi) is 19.7. The fourth-order valence-electron chi connectivity index (χ4n) is 4.14. The van der Waals surface area contributed by atoms with Crippen molar-refractivity contribution in [2.24, 2.45) is 0 Å². The molecule has 27 heteroatoms. The number of nitrogens with zero attached hydrogens (tertiary/aromatic N) is 5. The third-order valence-electron chi connectivity index (χ3n) is 7.06. The van der Waals surface area contributed by atoms with Gasteiger partial charge in [-0.25, -0.2) is 46.9 Å². The summed E-state index contributed by atoms with van der Waals surface area (Å²) in [6.07, 6.45) is -4.48. The highest BCUT2D eigenvalue weighted by atomic mass is 32.2.